The van der Waals surface area contributed by atoms with Gasteiger partial charge in [-0.15, -0.1) is 0 Å². The molecule has 2 aromatic rings. The molecule has 2 heterocycles. The van der Waals surface area contributed by atoms with Gasteiger partial charge in [-0.3, -0.25) is 0 Å². The lowest BCUT2D eigenvalue weighted by Gasteiger charge is -2.15. The topological polar surface area (TPSA) is 43.2 Å². The van der Waals surface area contributed by atoms with Crippen LogP contribution in [0.1, 0.15) is 25.1 Å². The first-order chi connectivity index (χ1) is 10.8. The molecule has 5 heteroatoms. The highest BCUT2D eigenvalue weighted by atomic mass is 16.5. The second kappa shape index (κ2) is 7.03. The Morgan fingerprint density at radius 3 is 2.82 bits per heavy atom. The van der Waals surface area contributed by atoms with Gasteiger partial charge in [0.2, 0.25) is 0 Å². The molecule has 0 saturated carbocycles. The number of aromatic nitrogens is 3. The molecule has 0 amide bonds. The molecular formula is C17H24N4O. The van der Waals surface area contributed by atoms with Crippen molar-refractivity contribution in [3.05, 3.63) is 36.2 Å². The molecule has 0 N–H and O–H groups in total. The van der Waals surface area contributed by atoms with Crippen LogP contribution in [0.4, 0.5) is 0 Å². The van der Waals surface area contributed by atoms with Gasteiger partial charge in [0.25, 0.3) is 0 Å². The average molecular weight is 300 g/mol. The summed E-state index contributed by atoms with van der Waals surface area (Å²) in [4.78, 5) is 7.29. The second-order valence-corrected chi connectivity index (χ2v) is 5.75. The predicted octanol–water partition coefficient (Wildman–Crippen LogP) is 2.40. The lowest BCUT2D eigenvalue weighted by atomic mass is 10.1. The maximum atomic E-state index is 5.18. The van der Waals surface area contributed by atoms with E-state index in [1.54, 1.807) is 7.11 Å². The molecule has 1 aliphatic rings. The van der Waals surface area contributed by atoms with Gasteiger partial charge in [-0.05, 0) is 19.9 Å². The minimum absolute atomic E-state index is 0.474. The number of aryl methyl sites for hydroxylation is 1. The van der Waals surface area contributed by atoms with E-state index in [0.29, 0.717) is 5.92 Å². The molecular weight excluding hydrogens is 276 g/mol. The first kappa shape index (κ1) is 15.2. The van der Waals surface area contributed by atoms with E-state index in [-0.39, 0.29) is 0 Å². The zero-order valence-electron chi connectivity index (χ0n) is 13.4. The van der Waals surface area contributed by atoms with Crippen LogP contribution in [0.25, 0.3) is 11.4 Å². The van der Waals surface area contributed by atoms with Gasteiger partial charge in [0.05, 0.1) is 6.61 Å². The molecule has 1 aromatic carbocycles. The Bertz CT molecular complexity index is 596. The summed E-state index contributed by atoms with van der Waals surface area (Å²) in [5.41, 5.74) is 1.09. The summed E-state index contributed by atoms with van der Waals surface area (Å²) in [6.45, 7) is 6.96. The first-order valence-corrected chi connectivity index (χ1v) is 8.03. The normalized spacial score (nSPS) is 18.9. The average Bonchev–Trinajstić information content (AvgIpc) is 3.20. The van der Waals surface area contributed by atoms with Crippen molar-refractivity contribution in [2.45, 2.75) is 25.8 Å². The van der Waals surface area contributed by atoms with Crippen LogP contribution in [0, 0.1) is 0 Å². The van der Waals surface area contributed by atoms with Gasteiger partial charge in [-0.25, -0.2) is 9.67 Å². The number of nitrogens with zero attached hydrogens (tertiary/aromatic N) is 4. The van der Waals surface area contributed by atoms with Crippen LogP contribution in [0.3, 0.4) is 0 Å². The van der Waals surface area contributed by atoms with Crippen molar-refractivity contribution in [3.8, 4) is 11.4 Å². The fraction of sp³-hybridized carbons (Fsp3) is 0.529. The van der Waals surface area contributed by atoms with Gasteiger partial charge >= 0.3 is 0 Å². The van der Waals surface area contributed by atoms with Gasteiger partial charge < -0.3 is 9.64 Å². The monoisotopic (exact) mass is 300 g/mol. The number of hydrogen-bond donors (Lipinski definition) is 0. The van der Waals surface area contributed by atoms with Gasteiger partial charge in [-0.2, -0.15) is 5.10 Å². The van der Waals surface area contributed by atoms with E-state index in [0.717, 1.165) is 56.4 Å². The lowest BCUT2D eigenvalue weighted by Crippen LogP contribution is -2.25. The van der Waals surface area contributed by atoms with Crippen LogP contribution < -0.4 is 0 Å². The van der Waals surface area contributed by atoms with Gasteiger partial charge in [0, 0.05) is 38.2 Å². The molecule has 0 aliphatic carbocycles. The molecule has 1 aromatic heterocycles. The summed E-state index contributed by atoms with van der Waals surface area (Å²) in [6, 6.07) is 10.2. The molecule has 1 unspecified atom stereocenters. The van der Waals surface area contributed by atoms with Crippen LogP contribution >= 0.6 is 0 Å². The molecule has 5 nitrogen and oxygen atoms in total. The molecule has 22 heavy (non-hydrogen) atoms. The Balaban J connectivity index is 1.78. The summed E-state index contributed by atoms with van der Waals surface area (Å²) < 4.78 is 7.24. The van der Waals surface area contributed by atoms with E-state index in [2.05, 4.69) is 28.6 Å². The number of ether oxygens (including phenoxy) is 1. The summed E-state index contributed by atoms with van der Waals surface area (Å²) in [5.74, 6) is 2.44. The molecule has 0 radical (unpaired) electrons. The Kier molecular flexibility index (Phi) is 4.85. The van der Waals surface area contributed by atoms with Crippen molar-refractivity contribution in [1.82, 2.24) is 19.7 Å². The van der Waals surface area contributed by atoms with Gasteiger partial charge in [-0.1, -0.05) is 30.3 Å². The Labute approximate surface area is 131 Å². The summed E-state index contributed by atoms with van der Waals surface area (Å²) in [5, 5.41) is 4.69. The third-order valence-corrected chi connectivity index (χ3v) is 4.28. The van der Waals surface area contributed by atoms with Crippen molar-refractivity contribution < 1.29 is 4.74 Å². The first-order valence-electron chi connectivity index (χ1n) is 8.03. The van der Waals surface area contributed by atoms with E-state index < -0.39 is 0 Å². The Morgan fingerprint density at radius 1 is 1.27 bits per heavy atom. The predicted molar refractivity (Wildman–Crippen MR) is 86.8 cm³/mol. The molecule has 1 atom stereocenters. The highest BCUT2D eigenvalue weighted by Crippen LogP contribution is 2.27. The van der Waals surface area contributed by atoms with Crippen molar-refractivity contribution in [1.29, 1.82) is 0 Å². The van der Waals surface area contributed by atoms with Gasteiger partial charge in [0.1, 0.15) is 5.82 Å². The van der Waals surface area contributed by atoms with Crippen LogP contribution in [0.15, 0.2) is 30.3 Å². The quantitative estimate of drug-likeness (QED) is 0.821. The SMILES string of the molecule is CCn1nc(-c2ccccc2)nc1C1CCN(CCOC)C1. The summed E-state index contributed by atoms with van der Waals surface area (Å²) in [7, 11) is 1.76. The second-order valence-electron chi connectivity index (χ2n) is 5.75. The minimum atomic E-state index is 0.474. The summed E-state index contributed by atoms with van der Waals surface area (Å²) in [6.07, 6.45) is 1.15. The molecule has 0 spiro atoms. The largest absolute Gasteiger partial charge is 0.383 e. The Morgan fingerprint density at radius 2 is 2.09 bits per heavy atom. The van der Waals surface area contributed by atoms with E-state index in [1.165, 1.54) is 0 Å². The molecule has 1 saturated heterocycles. The summed E-state index contributed by atoms with van der Waals surface area (Å²) >= 11 is 0. The maximum absolute atomic E-state index is 5.18. The molecule has 1 aliphatic heterocycles. The third kappa shape index (κ3) is 3.20. The van der Waals surface area contributed by atoms with Crippen molar-refractivity contribution >= 4 is 0 Å². The lowest BCUT2D eigenvalue weighted by molar-refractivity contribution is 0.160. The molecule has 0 bridgehead atoms. The number of rotatable bonds is 6. The standard InChI is InChI=1S/C17H24N4O/c1-3-21-17(15-9-10-20(13-15)11-12-22-2)18-16(19-21)14-7-5-4-6-8-14/h4-8,15H,3,9-13H2,1-2H3. The molecule has 118 valence electrons. The van der Waals surface area contributed by atoms with E-state index in [4.69, 9.17) is 14.8 Å². The highest BCUT2D eigenvalue weighted by Gasteiger charge is 2.28. The van der Waals surface area contributed by atoms with Crippen molar-refractivity contribution in [2.75, 3.05) is 33.4 Å². The van der Waals surface area contributed by atoms with Crippen molar-refractivity contribution in [2.24, 2.45) is 0 Å². The molecule has 3 rings (SSSR count). The fourth-order valence-electron chi connectivity index (χ4n) is 3.07. The number of methoxy groups -OCH3 is 1. The van der Waals surface area contributed by atoms with Crippen LogP contribution in [-0.2, 0) is 11.3 Å². The zero-order chi connectivity index (χ0) is 15.4. The van der Waals surface area contributed by atoms with E-state index in [1.807, 2.05) is 18.2 Å². The van der Waals surface area contributed by atoms with Crippen LogP contribution in [0.5, 0.6) is 0 Å². The van der Waals surface area contributed by atoms with Crippen LogP contribution in [0.2, 0.25) is 0 Å². The van der Waals surface area contributed by atoms with Crippen molar-refractivity contribution in [3.63, 3.8) is 0 Å². The number of benzene rings is 1. The van der Waals surface area contributed by atoms with Gasteiger partial charge in [0.15, 0.2) is 5.82 Å². The maximum Gasteiger partial charge on any atom is 0.181 e. The minimum Gasteiger partial charge on any atom is -0.383 e. The highest BCUT2D eigenvalue weighted by molar-refractivity contribution is 5.54. The number of hydrogen-bond acceptors (Lipinski definition) is 4. The van der Waals surface area contributed by atoms with E-state index in [9.17, 15) is 0 Å². The fourth-order valence-corrected chi connectivity index (χ4v) is 3.07. The Hall–Kier alpha value is -1.72. The van der Waals surface area contributed by atoms with Crippen LogP contribution in [-0.4, -0.2) is 53.0 Å². The molecule has 1 fully saturated rings. The zero-order valence-corrected chi connectivity index (χ0v) is 13.4. The number of likely N-dealkylation sites (tertiary alicyclic amines) is 1. The third-order valence-electron chi connectivity index (χ3n) is 4.28. The van der Waals surface area contributed by atoms with E-state index >= 15 is 0 Å². The smallest absolute Gasteiger partial charge is 0.181 e.